The lowest BCUT2D eigenvalue weighted by molar-refractivity contribution is 0.363. The molecule has 3 rings (SSSR count). The summed E-state index contributed by atoms with van der Waals surface area (Å²) >= 11 is 0. The van der Waals surface area contributed by atoms with Gasteiger partial charge in [-0.25, -0.2) is 9.97 Å². The lowest BCUT2D eigenvalue weighted by Gasteiger charge is -2.35. The van der Waals surface area contributed by atoms with Crippen LogP contribution in [0.4, 0.5) is 5.82 Å². The minimum atomic E-state index is 0.242. The van der Waals surface area contributed by atoms with Crippen molar-refractivity contribution in [2.75, 3.05) is 18.0 Å². The van der Waals surface area contributed by atoms with Gasteiger partial charge in [-0.05, 0) is 44.7 Å². The molecule has 1 aromatic carbocycles. The number of hydrogen-bond acceptors (Lipinski definition) is 4. The fourth-order valence-electron chi connectivity index (χ4n) is 3.01. The molecule has 2 unspecified atom stereocenters. The summed E-state index contributed by atoms with van der Waals surface area (Å²) in [5.41, 5.74) is 9.02. The molecule has 2 N–H and O–H groups in total. The topological polar surface area (TPSA) is 55.0 Å². The lowest BCUT2D eigenvalue weighted by Crippen LogP contribution is -2.43. The van der Waals surface area contributed by atoms with Crippen molar-refractivity contribution >= 4 is 16.9 Å². The van der Waals surface area contributed by atoms with Crippen molar-refractivity contribution in [1.29, 1.82) is 0 Å². The van der Waals surface area contributed by atoms with Gasteiger partial charge in [0.05, 0.1) is 16.7 Å². The highest BCUT2D eigenvalue weighted by Gasteiger charge is 2.24. The zero-order valence-corrected chi connectivity index (χ0v) is 12.2. The van der Waals surface area contributed by atoms with Gasteiger partial charge in [-0.3, -0.25) is 0 Å². The predicted molar refractivity (Wildman–Crippen MR) is 82.9 cm³/mol. The predicted octanol–water partition coefficient (Wildman–Crippen LogP) is 2.50. The maximum Gasteiger partial charge on any atom is 0.150 e. The van der Waals surface area contributed by atoms with Crippen LogP contribution >= 0.6 is 0 Å². The van der Waals surface area contributed by atoms with Gasteiger partial charge in [-0.1, -0.05) is 12.1 Å². The second-order valence-electron chi connectivity index (χ2n) is 5.83. The van der Waals surface area contributed by atoms with Gasteiger partial charge in [-0.2, -0.15) is 0 Å². The van der Waals surface area contributed by atoms with Crippen LogP contribution in [-0.4, -0.2) is 29.1 Å². The Bertz CT molecular complexity index is 608. The smallest absolute Gasteiger partial charge is 0.150 e. The summed E-state index contributed by atoms with van der Waals surface area (Å²) in [6.07, 6.45) is 2.40. The van der Waals surface area contributed by atoms with Gasteiger partial charge in [0, 0.05) is 19.1 Å². The quantitative estimate of drug-likeness (QED) is 0.911. The Morgan fingerprint density at radius 1 is 1.25 bits per heavy atom. The third kappa shape index (κ3) is 2.48. The summed E-state index contributed by atoms with van der Waals surface area (Å²) in [5, 5.41) is 0. The molecule has 2 aromatic rings. The van der Waals surface area contributed by atoms with Gasteiger partial charge >= 0.3 is 0 Å². The molecule has 4 heteroatoms. The van der Waals surface area contributed by atoms with Crippen molar-refractivity contribution in [3.63, 3.8) is 0 Å². The molecular weight excluding hydrogens is 248 g/mol. The molecule has 20 heavy (non-hydrogen) atoms. The van der Waals surface area contributed by atoms with Gasteiger partial charge in [0.15, 0.2) is 5.82 Å². The second kappa shape index (κ2) is 5.37. The average molecular weight is 270 g/mol. The summed E-state index contributed by atoms with van der Waals surface area (Å²) in [7, 11) is 0. The van der Waals surface area contributed by atoms with Crippen LogP contribution in [0.5, 0.6) is 0 Å². The third-order valence-electron chi connectivity index (χ3n) is 4.22. The number of para-hydroxylation sites is 2. The third-order valence-corrected chi connectivity index (χ3v) is 4.22. The van der Waals surface area contributed by atoms with Crippen LogP contribution in [0.3, 0.4) is 0 Å². The van der Waals surface area contributed by atoms with Crippen LogP contribution in [0, 0.1) is 12.8 Å². The monoisotopic (exact) mass is 270 g/mol. The maximum atomic E-state index is 6.07. The van der Waals surface area contributed by atoms with Crippen molar-refractivity contribution in [2.24, 2.45) is 11.7 Å². The van der Waals surface area contributed by atoms with Crippen molar-refractivity contribution < 1.29 is 0 Å². The first kappa shape index (κ1) is 13.3. The van der Waals surface area contributed by atoms with Crippen LogP contribution in [0.15, 0.2) is 24.3 Å². The Morgan fingerprint density at radius 2 is 1.95 bits per heavy atom. The van der Waals surface area contributed by atoms with Gasteiger partial charge in [0.1, 0.15) is 0 Å². The van der Waals surface area contributed by atoms with E-state index in [2.05, 4.69) is 16.8 Å². The highest BCUT2D eigenvalue weighted by molar-refractivity contribution is 5.76. The fraction of sp³-hybridized carbons (Fsp3) is 0.500. The molecule has 0 bridgehead atoms. The van der Waals surface area contributed by atoms with E-state index in [9.17, 15) is 0 Å². The summed E-state index contributed by atoms with van der Waals surface area (Å²) in [4.78, 5) is 11.9. The van der Waals surface area contributed by atoms with Gasteiger partial charge in [0.25, 0.3) is 0 Å². The molecule has 1 aromatic heterocycles. The molecule has 0 spiro atoms. The first-order valence-electron chi connectivity index (χ1n) is 7.39. The average Bonchev–Trinajstić information content (AvgIpc) is 2.46. The minimum Gasteiger partial charge on any atom is -0.355 e. The Hall–Kier alpha value is -1.68. The number of nitrogens with zero attached hydrogens (tertiary/aromatic N) is 3. The maximum absolute atomic E-state index is 6.07. The molecule has 1 fully saturated rings. The molecule has 0 radical (unpaired) electrons. The molecule has 2 heterocycles. The standard InChI is InChI=1S/C16H22N4/c1-11(17)13-6-5-9-20(10-13)16-12(2)18-14-7-3-4-8-15(14)19-16/h3-4,7-8,11,13H,5-6,9-10,17H2,1-2H3. The number of benzene rings is 1. The van der Waals surface area contributed by atoms with E-state index in [0.29, 0.717) is 5.92 Å². The van der Waals surface area contributed by atoms with Crippen LogP contribution in [0.1, 0.15) is 25.5 Å². The zero-order chi connectivity index (χ0) is 14.1. The molecule has 106 valence electrons. The molecule has 1 aliphatic rings. The summed E-state index contributed by atoms with van der Waals surface area (Å²) < 4.78 is 0. The van der Waals surface area contributed by atoms with Crippen LogP contribution < -0.4 is 10.6 Å². The molecule has 0 aliphatic carbocycles. The van der Waals surface area contributed by atoms with E-state index in [1.165, 1.54) is 12.8 Å². The number of aryl methyl sites for hydroxylation is 1. The van der Waals surface area contributed by atoms with Crippen LogP contribution in [0.2, 0.25) is 0 Å². The van der Waals surface area contributed by atoms with Gasteiger partial charge in [-0.15, -0.1) is 0 Å². The number of nitrogens with two attached hydrogens (primary N) is 1. The van der Waals surface area contributed by atoms with E-state index >= 15 is 0 Å². The van der Waals surface area contributed by atoms with E-state index in [4.69, 9.17) is 10.7 Å². The number of anilines is 1. The molecule has 0 saturated carbocycles. The highest BCUT2D eigenvalue weighted by Crippen LogP contribution is 2.26. The van der Waals surface area contributed by atoms with E-state index in [-0.39, 0.29) is 6.04 Å². The number of hydrogen-bond donors (Lipinski definition) is 1. The van der Waals surface area contributed by atoms with E-state index in [1.807, 2.05) is 31.2 Å². The number of rotatable bonds is 2. The van der Waals surface area contributed by atoms with E-state index < -0.39 is 0 Å². The van der Waals surface area contributed by atoms with Gasteiger partial charge in [0.2, 0.25) is 0 Å². The number of aromatic nitrogens is 2. The van der Waals surface area contributed by atoms with Crippen molar-refractivity contribution in [2.45, 2.75) is 32.7 Å². The summed E-state index contributed by atoms with van der Waals surface area (Å²) in [6, 6.07) is 8.30. The van der Waals surface area contributed by atoms with E-state index in [0.717, 1.165) is 35.6 Å². The van der Waals surface area contributed by atoms with Crippen molar-refractivity contribution in [3.8, 4) is 0 Å². The fourth-order valence-corrected chi connectivity index (χ4v) is 3.01. The first-order valence-corrected chi connectivity index (χ1v) is 7.39. The molecule has 4 nitrogen and oxygen atoms in total. The lowest BCUT2D eigenvalue weighted by atomic mass is 9.92. The van der Waals surface area contributed by atoms with Crippen LogP contribution in [0.25, 0.3) is 11.0 Å². The minimum absolute atomic E-state index is 0.242. The van der Waals surface area contributed by atoms with Crippen LogP contribution in [-0.2, 0) is 0 Å². The first-order chi connectivity index (χ1) is 9.65. The Kier molecular flexibility index (Phi) is 3.57. The van der Waals surface area contributed by atoms with Crippen molar-refractivity contribution in [1.82, 2.24) is 9.97 Å². The Labute approximate surface area is 120 Å². The summed E-state index contributed by atoms with van der Waals surface area (Å²) in [6.45, 7) is 6.19. The summed E-state index contributed by atoms with van der Waals surface area (Å²) in [5.74, 6) is 1.57. The number of fused-ring (bicyclic) bond motifs is 1. The second-order valence-corrected chi connectivity index (χ2v) is 5.83. The number of piperidine rings is 1. The van der Waals surface area contributed by atoms with E-state index in [1.54, 1.807) is 0 Å². The zero-order valence-electron chi connectivity index (χ0n) is 12.2. The molecule has 1 aliphatic heterocycles. The molecule has 2 atom stereocenters. The Balaban J connectivity index is 1.94. The SMILES string of the molecule is Cc1nc2ccccc2nc1N1CCCC(C(C)N)C1. The normalized spacial score (nSPS) is 21.1. The largest absolute Gasteiger partial charge is 0.355 e. The van der Waals surface area contributed by atoms with Gasteiger partial charge < -0.3 is 10.6 Å². The molecule has 1 saturated heterocycles. The Morgan fingerprint density at radius 3 is 2.65 bits per heavy atom. The van der Waals surface area contributed by atoms with Crippen molar-refractivity contribution in [3.05, 3.63) is 30.0 Å². The molecular formula is C16H22N4. The highest BCUT2D eigenvalue weighted by atomic mass is 15.2. The molecule has 0 amide bonds.